The molecular formula is C60H95NO2. The Balaban J connectivity index is 0. The zero-order valence-corrected chi connectivity index (χ0v) is 42.5. The quantitative estimate of drug-likeness (QED) is 0.0392. The molecule has 0 heterocycles. The molecule has 0 aliphatic carbocycles. The standard InChI is InChI=1S/C40H56.C20H39NO2/c1-33(2)19-13-23-37(7)27-17-31-39(9)29-15-25-35(5)21-11-12-22-36(6)26-16-30-40(10)32-18-28-38(8)24-14-20-34(3)4;1-2-3-4-5-6-7-8-9-10-11-12-13-14-15-16-17-20(23)21-18-19-22/h11-12,15-22,25-32H,13-14,23-24H2,1-10H3;9-10,22H,2-8,11-19H2,1H3,(H,21,23)/b12-11+,25-15+,26-16+,31-17+,32-18+,35-21+,36-22+,37-27+,38-28+,39-29+,40-30+;10-9-. The second-order valence-electron chi connectivity index (χ2n) is 17.5. The average molecular weight is 862 g/mol. The minimum atomic E-state index is 0.0259. The van der Waals surface area contributed by atoms with Gasteiger partial charge in [0.05, 0.1) is 6.61 Å². The molecule has 0 saturated heterocycles. The van der Waals surface area contributed by atoms with Crippen LogP contribution in [0.3, 0.4) is 0 Å². The van der Waals surface area contributed by atoms with Crippen LogP contribution < -0.4 is 5.32 Å². The maximum atomic E-state index is 11.3. The monoisotopic (exact) mass is 862 g/mol. The minimum Gasteiger partial charge on any atom is -0.395 e. The molecule has 0 aromatic heterocycles. The number of hydrogen-bond acceptors (Lipinski definition) is 2. The lowest BCUT2D eigenvalue weighted by Crippen LogP contribution is -2.25. The summed E-state index contributed by atoms with van der Waals surface area (Å²) in [7, 11) is 0. The molecule has 0 bridgehead atoms. The van der Waals surface area contributed by atoms with Gasteiger partial charge in [0, 0.05) is 13.0 Å². The number of nitrogens with one attached hydrogen (secondary N) is 1. The van der Waals surface area contributed by atoms with Crippen LogP contribution in [-0.2, 0) is 4.79 Å². The van der Waals surface area contributed by atoms with Crippen LogP contribution in [-0.4, -0.2) is 24.2 Å². The summed E-state index contributed by atoms with van der Waals surface area (Å²) in [5, 5.41) is 11.3. The van der Waals surface area contributed by atoms with Crippen LogP contribution in [0.5, 0.6) is 0 Å². The Morgan fingerprint density at radius 2 is 0.794 bits per heavy atom. The zero-order valence-electron chi connectivity index (χ0n) is 42.5. The smallest absolute Gasteiger partial charge is 0.220 e. The molecule has 0 rings (SSSR count). The van der Waals surface area contributed by atoms with Crippen molar-refractivity contribution in [3.63, 3.8) is 0 Å². The van der Waals surface area contributed by atoms with Gasteiger partial charge in [-0.05, 0) is 127 Å². The fraction of sp³-hybridized carbons (Fsp3) is 0.517. The highest BCUT2D eigenvalue weighted by molar-refractivity contribution is 5.75. The number of aliphatic hydroxyl groups excluding tert-OH is 1. The van der Waals surface area contributed by atoms with Gasteiger partial charge in [-0.1, -0.05) is 224 Å². The van der Waals surface area contributed by atoms with Crippen LogP contribution in [0.4, 0.5) is 0 Å². The molecule has 0 aromatic rings. The highest BCUT2D eigenvalue weighted by atomic mass is 16.3. The van der Waals surface area contributed by atoms with E-state index in [1.54, 1.807) is 0 Å². The third kappa shape index (κ3) is 50.3. The SMILES string of the molecule is CC(C)=CCC/C(C)=C/C=C/C(C)=C/C=C/C(C)=C/C=C/C=C(C)/C=C/C=C(C)/C=C/C=C(\C)CCC=C(C)C.CCCCCCCC/C=C\CCCCCCCC(=O)NCCO. The molecular weight excluding hydrogens is 767 g/mol. The fourth-order valence-electron chi connectivity index (χ4n) is 6.05. The van der Waals surface area contributed by atoms with Gasteiger partial charge in [-0.25, -0.2) is 0 Å². The lowest BCUT2D eigenvalue weighted by molar-refractivity contribution is -0.121. The first-order valence-corrected chi connectivity index (χ1v) is 24.5. The molecule has 3 heteroatoms. The van der Waals surface area contributed by atoms with E-state index >= 15 is 0 Å². The van der Waals surface area contributed by atoms with Gasteiger partial charge in [-0.2, -0.15) is 0 Å². The third-order valence-corrected chi connectivity index (χ3v) is 10.0. The second kappa shape index (κ2) is 45.8. The Morgan fingerprint density at radius 3 is 1.19 bits per heavy atom. The average Bonchev–Trinajstić information content (AvgIpc) is 3.23. The van der Waals surface area contributed by atoms with E-state index in [0.717, 1.165) is 38.5 Å². The van der Waals surface area contributed by atoms with Crippen molar-refractivity contribution in [3.05, 3.63) is 166 Å². The van der Waals surface area contributed by atoms with E-state index in [9.17, 15) is 4.79 Å². The summed E-state index contributed by atoms with van der Waals surface area (Å²) < 4.78 is 0. The van der Waals surface area contributed by atoms with E-state index < -0.39 is 0 Å². The predicted octanol–water partition coefficient (Wildman–Crippen LogP) is 18.1. The largest absolute Gasteiger partial charge is 0.395 e. The lowest BCUT2D eigenvalue weighted by Gasteiger charge is -2.03. The van der Waals surface area contributed by atoms with E-state index in [0.29, 0.717) is 13.0 Å². The molecule has 0 aliphatic rings. The number of allylic oxidation sites excluding steroid dienone is 28. The maximum absolute atomic E-state index is 11.3. The lowest BCUT2D eigenvalue weighted by atomic mass is 10.1. The Labute approximate surface area is 390 Å². The first-order valence-electron chi connectivity index (χ1n) is 24.5. The van der Waals surface area contributed by atoms with Crippen LogP contribution in [0.15, 0.2) is 166 Å². The van der Waals surface area contributed by atoms with Crippen molar-refractivity contribution in [1.29, 1.82) is 0 Å². The van der Waals surface area contributed by atoms with Crippen LogP contribution in [0.2, 0.25) is 0 Å². The summed E-state index contributed by atoms with van der Waals surface area (Å²) in [6.45, 7) is 24.2. The number of aliphatic hydroxyl groups is 1. The highest BCUT2D eigenvalue weighted by Crippen LogP contribution is 2.12. The Bertz CT molecular complexity index is 1520. The second-order valence-corrected chi connectivity index (χ2v) is 17.5. The van der Waals surface area contributed by atoms with E-state index in [-0.39, 0.29) is 12.5 Å². The maximum Gasteiger partial charge on any atom is 0.220 e. The number of hydrogen-bond donors (Lipinski definition) is 2. The molecule has 0 atom stereocenters. The van der Waals surface area contributed by atoms with Gasteiger partial charge in [0.2, 0.25) is 5.91 Å². The molecule has 0 radical (unpaired) electrons. The van der Waals surface area contributed by atoms with Crippen molar-refractivity contribution in [1.82, 2.24) is 5.32 Å². The molecule has 0 fully saturated rings. The Hall–Kier alpha value is -4.21. The molecule has 0 spiro atoms. The van der Waals surface area contributed by atoms with Crippen LogP contribution in [0.25, 0.3) is 0 Å². The topological polar surface area (TPSA) is 49.3 Å². The minimum absolute atomic E-state index is 0.0259. The number of carbonyl (C=O) groups is 1. The first-order chi connectivity index (χ1) is 30.3. The molecule has 352 valence electrons. The Morgan fingerprint density at radius 1 is 0.429 bits per heavy atom. The number of amides is 1. The van der Waals surface area contributed by atoms with Gasteiger partial charge in [0.1, 0.15) is 0 Å². The first kappa shape index (κ1) is 60.9. The zero-order chi connectivity index (χ0) is 47.2. The van der Waals surface area contributed by atoms with Crippen molar-refractivity contribution in [3.8, 4) is 0 Å². The van der Waals surface area contributed by atoms with Gasteiger partial charge < -0.3 is 10.4 Å². The molecule has 63 heavy (non-hydrogen) atoms. The van der Waals surface area contributed by atoms with Crippen LogP contribution in [0, 0.1) is 0 Å². The highest BCUT2D eigenvalue weighted by Gasteiger charge is 1.99. The van der Waals surface area contributed by atoms with E-state index in [1.165, 1.54) is 115 Å². The molecule has 0 aromatic carbocycles. The number of unbranched alkanes of at least 4 members (excludes halogenated alkanes) is 11. The van der Waals surface area contributed by atoms with Crippen LogP contribution in [0.1, 0.15) is 192 Å². The van der Waals surface area contributed by atoms with E-state index in [4.69, 9.17) is 5.11 Å². The predicted molar refractivity (Wildman–Crippen MR) is 285 cm³/mol. The molecule has 0 aliphatic heterocycles. The van der Waals surface area contributed by atoms with Crippen molar-refractivity contribution < 1.29 is 9.90 Å². The molecule has 2 N–H and O–H groups in total. The summed E-state index contributed by atoms with van der Waals surface area (Å²) in [6, 6.07) is 0. The van der Waals surface area contributed by atoms with Gasteiger partial charge in [-0.15, -0.1) is 0 Å². The fourth-order valence-corrected chi connectivity index (χ4v) is 6.05. The van der Waals surface area contributed by atoms with Gasteiger partial charge in [0.25, 0.3) is 0 Å². The van der Waals surface area contributed by atoms with Gasteiger partial charge in [-0.3, -0.25) is 4.79 Å². The number of rotatable bonds is 33. The van der Waals surface area contributed by atoms with Crippen molar-refractivity contribution in [2.24, 2.45) is 0 Å². The number of carbonyl (C=O) groups excluding carboxylic acids is 1. The summed E-state index contributed by atoms with van der Waals surface area (Å²) in [6.07, 6.45) is 65.2. The summed E-state index contributed by atoms with van der Waals surface area (Å²) in [5.74, 6) is 0.0664. The van der Waals surface area contributed by atoms with Crippen molar-refractivity contribution >= 4 is 5.91 Å². The summed E-state index contributed by atoms with van der Waals surface area (Å²) in [4.78, 5) is 11.3. The van der Waals surface area contributed by atoms with E-state index in [1.807, 2.05) is 0 Å². The van der Waals surface area contributed by atoms with Gasteiger partial charge in [0.15, 0.2) is 0 Å². The summed E-state index contributed by atoms with van der Waals surface area (Å²) >= 11 is 0. The molecule has 0 saturated carbocycles. The summed E-state index contributed by atoms with van der Waals surface area (Å²) in [5.41, 5.74) is 10.5. The van der Waals surface area contributed by atoms with Crippen LogP contribution >= 0.6 is 0 Å². The Kier molecular flexibility index (Phi) is 44.3. The van der Waals surface area contributed by atoms with Crippen molar-refractivity contribution in [2.45, 2.75) is 192 Å². The van der Waals surface area contributed by atoms with Gasteiger partial charge >= 0.3 is 0 Å². The third-order valence-electron chi connectivity index (χ3n) is 10.0. The molecule has 3 nitrogen and oxygen atoms in total. The molecule has 0 unspecified atom stereocenters. The normalized spacial score (nSPS) is 13.7. The van der Waals surface area contributed by atoms with E-state index in [2.05, 4.69) is 203 Å². The van der Waals surface area contributed by atoms with Crippen molar-refractivity contribution in [2.75, 3.05) is 13.2 Å². The molecule has 1 amide bonds.